The predicted octanol–water partition coefficient (Wildman–Crippen LogP) is 0.924. The van der Waals surface area contributed by atoms with E-state index in [2.05, 4.69) is 6.08 Å². The maximum Gasteiger partial charge on any atom is 2.00 e. The number of Topliss-reactive ketones (excluding diaryl/α,β-unsaturated/α-hetero) is 1. The van der Waals surface area contributed by atoms with Crippen LogP contribution in [0.2, 0.25) is 0 Å². The van der Waals surface area contributed by atoms with Crippen molar-refractivity contribution in [3.8, 4) is 0 Å². The third-order valence-electron chi connectivity index (χ3n) is 0.383. The van der Waals surface area contributed by atoms with E-state index in [0.29, 0.717) is 0 Å². The van der Waals surface area contributed by atoms with Crippen LogP contribution in [0.5, 0.6) is 0 Å². The molecule has 0 rings (SSSR count). The molecule has 0 radical (unpaired) electrons. The first-order valence-electron chi connectivity index (χ1n) is 1.91. The molecule has 0 heterocycles. The van der Waals surface area contributed by atoms with E-state index < -0.39 is 0 Å². The van der Waals surface area contributed by atoms with Gasteiger partial charge in [0.2, 0.25) is 0 Å². The Balaban J connectivity index is 0. The smallest absolute Gasteiger partial charge is 0.394 e. The van der Waals surface area contributed by atoms with Crippen LogP contribution in [-0.4, -0.2) is 5.78 Å². The quantitative estimate of drug-likeness (QED) is 0.418. The molecule has 0 aliphatic rings. The average molecular weight is 332 g/mol. The number of ketones is 1. The molecule has 0 aliphatic carbocycles. The zero-order valence-electron chi connectivity index (χ0n) is 4.64. The van der Waals surface area contributed by atoms with Gasteiger partial charge in [-0.2, -0.15) is 0 Å². The van der Waals surface area contributed by atoms with Crippen LogP contribution in [0.1, 0.15) is 6.92 Å². The SMILES string of the molecule is [CH-]=CC=[C-]C(C)=O.[U+2]. The van der Waals surface area contributed by atoms with Crippen LogP contribution < -0.4 is 0 Å². The van der Waals surface area contributed by atoms with Gasteiger partial charge in [0.05, 0.1) is 0 Å². The van der Waals surface area contributed by atoms with E-state index in [0.717, 1.165) is 0 Å². The van der Waals surface area contributed by atoms with Gasteiger partial charge in [-0.15, -0.1) is 0 Å². The van der Waals surface area contributed by atoms with Gasteiger partial charge >= 0.3 is 31.1 Å². The van der Waals surface area contributed by atoms with Crippen molar-refractivity contribution in [1.82, 2.24) is 0 Å². The molecule has 0 spiro atoms. The van der Waals surface area contributed by atoms with Gasteiger partial charge in [-0.1, -0.05) is 0 Å². The van der Waals surface area contributed by atoms with Gasteiger partial charge in [-0.3, -0.25) is 0 Å². The molecule has 8 heavy (non-hydrogen) atoms. The van der Waals surface area contributed by atoms with E-state index in [1.165, 1.54) is 19.1 Å². The van der Waals surface area contributed by atoms with E-state index in [4.69, 9.17) is 6.58 Å². The van der Waals surface area contributed by atoms with Gasteiger partial charge in [0.25, 0.3) is 0 Å². The van der Waals surface area contributed by atoms with Crippen LogP contribution in [0.15, 0.2) is 12.2 Å². The third-order valence-corrected chi connectivity index (χ3v) is 0.383. The molecule has 0 fully saturated rings. The Hall–Kier alpha value is 0.202. The summed E-state index contributed by atoms with van der Waals surface area (Å²) in [7, 11) is 0. The van der Waals surface area contributed by atoms with Crippen LogP contribution >= 0.6 is 0 Å². The Morgan fingerprint density at radius 2 is 2.25 bits per heavy atom. The molecule has 0 amide bonds. The zero-order valence-corrected chi connectivity index (χ0v) is 8.80. The van der Waals surface area contributed by atoms with Crippen molar-refractivity contribution in [3.63, 3.8) is 0 Å². The fraction of sp³-hybridized carbons (Fsp3) is 0.167. The number of allylic oxidation sites excluding steroid dienone is 3. The summed E-state index contributed by atoms with van der Waals surface area (Å²) < 4.78 is 0. The topological polar surface area (TPSA) is 17.1 Å². The summed E-state index contributed by atoms with van der Waals surface area (Å²) in [4.78, 5) is 9.98. The minimum Gasteiger partial charge on any atom is -0.394 e. The zero-order chi connectivity index (χ0) is 5.70. The first-order valence-corrected chi connectivity index (χ1v) is 1.91. The molecule has 2 heteroatoms. The molecule has 40 valence electrons. The molecule has 0 bridgehead atoms. The fourth-order valence-electron chi connectivity index (χ4n) is 0.165. The van der Waals surface area contributed by atoms with Crippen molar-refractivity contribution < 1.29 is 35.9 Å². The minimum atomic E-state index is -0.110. The predicted molar refractivity (Wildman–Crippen MR) is 27.4 cm³/mol. The summed E-state index contributed by atoms with van der Waals surface area (Å²) in [5, 5.41) is 0. The van der Waals surface area contributed by atoms with Crippen molar-refractivity contribution in [2.24, 2.45) is 0 Å². The van der Waals surface area contributed by atoms with Gasteiger partial charge < -0.3 is 29.6 Å². The van der Waals surface area contributed by atoms with Crippen LogP contribution in [0.25, 0.3) is 0 Å². The van der Waals surface area contributed by atoms with Crippen molar-refractivity contribution in [1.29, 1.82) is 0 Å². The Kier molecular flexibility index (Phi) is 9.96. The molecule has 0 atom stereocenters. The second-order valence-corrected chi connectivity index (χ2v) is 1.06. The number of carbonyl (C=O) groups excluding carboxylic acids is 1. The summed E-state index contributed by atoms with van der Waals surface area (Å²) in [6, 6.07) is 0. The third kappa shape index (κ3) is 9.51. The molecule has 0 saturated carbocycles. The fourth-order valence-corrected chi connectivity index (χ4v) is 0.165. The van der Waals surface area contributed by atoms with Crippen molar-refractivity contribution in [2.45, 2.75) is 6.92 Å². The summed E-state index contributed by atoms with van der Waals surface area (Å²) in [5.74, 6) is -0.110. The van der Waals surface area contributed by atoms with Crippen molar-refractivity contribution >= 4 is 5.78 Å². The van der Waals surface area contributed by atoms with Crippen LogP contribution in [0.4, 0.5) is 0 Å². The molecule has 0 aromatic rings. The summed E-state index contributed by atoms with van der Waals surface area (Å²) in [5.41, 5.74) is 0. The number of hydrogen-bond acceptors (Lipinski definition) is 1. The van der Waals surface area contributed by atoms with Gasteiger partial charge in [-0.05, 0) is 6.92 Å². The first kappa shape index (κ1) is 11.1. The molecule has 0 N–H and O–H groups in total. The van der Waals surface area contributed by atoms with Crippen molar-refractivity contribution in [3.05, 3.63) is 24.8 Å². The number of carbonyl (C=O) groups is 1. The van der Waals surface area contributed by atoms with Gasteiger partial charge in [0, 0.05) is 5.78 Å². The molecule has 0 aromatic carbocycles. The molecule has 1 nitrogen and oxygen atoms in total. The second-order valence-electron chi connectivity index (χ2n) is 1.06. The number of hydrogen-bond donors (Lipinski definition) is 0. The minimum absolute atomic E-state index is 0. The van der Waals surface area contributed by atoms with Crippen LogP contribution in [0, 0.1) is 43.8 Å². The van der Waals surface area contributed by atoms with E-state index in [1.54, 1.807) is 0 Å². The average Bonchev–Trinajstić information content (AvgIpc) is 1.61. The Morgan fingerprint density at radius 1 is 1.75 bits per heavy atom. The Labute approximate surface area is 73.2 Å². The van der Waals surface area contributed by atoms with Crippen LogP contribution in [0.3, 0.4) is 0 Å². The molecule has 0 aliphatic heterocycles. The van der Waals surface area contributed by atoms with Crippen molar-refractivity contribution in [2.75, 3.05) is 0 Å². The molecule has 0 aromatic heterocycles. The maximum atomic E-state index is 9.98. The van der Waals surface area contributed by atoms with Crippen LogP contribution in [-0.2, 0) is 4.79 Å². The first-order chi connectivity index (χ1) is 3.27. The summed E-state index contributed by atoms with van der Waals surface area (Å²) in [6.07, 6.45) is 4.99. The maximum absolute atomic E-state index is 9.98. The molecular formula is C6H6OU. The van der Waals surface area contributed by atoms with Gasteiger partial charge in [-0.25, -0.2) is 0 Å². The van der Waals surface area contributed by atoms with E-state index in [9.17, 15) is 4.79 Å². The Bertz CT molecular complexity index is 105. The molecule has 0 unspecified atom stereocenters. The van der Waals surface area contributed by atoms with Gasteiger partial charge in [0.15, 0.2) is 0 Å². The largest absolute Gasteiger partial charge is 2.00 e. The normalized spacial score (nSPS) is 8.12. The van der Waals surface area contributed by atoms with Gasteiger partial charge in [0.1, 0.15) is 0 Å². The van der Waals surface area contributed by atoms with E-state index in [1.807, 2.05) is 0 Å². The summed E-state index contributed by atoms with van der Waals surface area (Å²) in [6.45, 7) is 6.30. The standard InChI is InChI=1S/C6H6O.U/c1-3-4-5-6(2)7;/h1,3-4H,2H3;/q-2;+2. The second kappa shape index (κ2) is 7.20. The van der Waals surface area contributed by atoms with E-state index >= 15 is 0 Å². The molecule has 0 saturated heterocycles. The monoisotopic (exact) mass is 332 g/mol. The Morgan fingerprint density at radius 3 is 2.38 bits per heavy atom. The molecular weight excluding hydrogens is 326 g/mol. The van der Waals surface area contributed by atoms with E-state index in [-0.39, 0.29) is 36.9 Å². The number of rotatable bonds is 2. The summed E-state index contributed by atoms with van der Waals surface area (Å²) >= 11 is 0.